The van der Waals surface area contributed by atoms with Crippen molar-refractivity contribution in [1.29, 1.82) is 0 Å². The van der Waals surface area contributed by atoms with Crippen LogP contribution in [-0.2, 0) is 0 Å². The van der Waals surface area contributed by atoms with Gasteiger partial charge in [-0.05, 0) is 37.0 Å². The number of hydrogen-bond acceptors (Lipinski definition) is 1. The molecule has 0 aromatic carbocycles. The van der Waals surface area contributed by atoms with E-state index >= 15 is 0 Å². The van der Waals surface area contributed by atoms with Crippen LogP contribution in [0.3, 0.4) is 0 Å². The molecule has 0 aromatic heterocycles. The topological polar surface area (TPSA) is 26.0 Å². The Balaban J connectivity index is 1.73. The molecule has 2 aliphatic rings. The highest BCUT2D eigenvalue weighted by atomic mass is 14.7. The van der Waals surface area contributed by atoms with E-state index in [2.05, 4.69) is 6.92 Å². The molecule has 3 unspecified atom stereocenters. The number of hydrogen-bond donors (Lipinski definition) is 1. The van der Waals surface area contributed by atoms with E-state index < -0.39 is 0 Å². The van der Waals surface area contributed by atoms with Crippen LogP contribution in [-0.4, -0.2) is 6.04 Å². The molecule has 0 saturated heterocycles. The summed E-state index contributed by atoms with van der Waals surface area (Å²) in [5.41, 5.74) is 6.38. The van der Waals surface area contributed by atoms with Crippen LogP contribution in [0.5, 0.6) is 0 Å². The molecule has 0 aliphatic heterocycles. The first kappa shape index (κ1) is 11.4. The zero-order valence-electron chi connectivity index (χ0n) is 10.3. The SMILES string of the molecule is CCC1CCC(C(N)CC2CCCC2)C1. The van der Waals surface area contributed by atoms with Crippen molar-refractivity contribution in [3.8, 4) is 0 Å². The Labute approximate surface area is 94.8 Å². The van der Waals surface area contributed by atoms with Crippen LogP contribution in [0.2, 0.25) is 0 Å². The summed E-state index contributed by atoms with van der Waals surface area (Å²) < 4.78 is 0. The van der Waals surface area contributed by atoms with Crippen molar-refractivity contribution in [1.82, 2.24) is 0 Å². The van der Waals surface area contributed by atoms with Gasteiger partial charge in [0.2, 0.25) is 0 Å². The van der Waals surface area contributed by atoms with Gasteiger partial charge in [-0.1, -0.05) is 45.4 Å². The van der Waals surface area contributed by atoms with E-state index in [1.165, 1.54) is 57.8 Å². The van der Waals surface area contributed by atoms with E-state index in [1.54, 1.807) is 0 Å². The van der Waals surface area contributed by atoms with Crippen LogP contribution in [0.15, 0.2) is 0 Å². The third kappa shape index (κ3) is 2.96. The second-order valence-corrected chi connectivity index (χ2v) is 5.90. The second-order valence-electron chi connectivity index (χ2n) is 5.90. The van der Waals surface area contributed by atoms with Crippen molar-refractivity contribution in [3.63, 3.8) is 0 Å². The van der Waals surface area contributed by atoms with Crippen molar-refractivity contribution in [2.24, 2.45) is 23.5 Å². The molecule has 0 spiro atoms. The summed E-state index contributed by atoms with van der Waals surface area (Å²) in [5.74, 6) is 2.82. The first-order chi connectivity index (χ1) is 7.29. The molecule has 2 rings (SSSR count). The van der Waals surface area contributed by atoms with Crippen LogP contribution >= 0.6 is 0 Å². The Morgan fingerprint density at radius 3 is 2.40 bits per heavy atom. The average molecular weight is 209 g/mol. The molecule has 15 heavy (non-hydrogen) atoms. The van der Waals surface area contributed by atoms with Crippen molar-refractivity contribution in [3.05, 3.63) is 0 Å². The molecule has 88 valence electrons. The highest BCUT2D eigenvalue weighted by molar-refractivity contribution is 4.84. The van der Waals surface area contributed by atoms with Crippen molar-refractivity contribution >= 4 is 0 Å². The van der Waals surface area contributed by atoms with E-state index in [0.29, 0.717) is 6.04 Å². The van der Waals surface area contributed by atoms with Crippen LogP contribution in [0.4, 0.5) is 0 Å². The molecule has 0 radical (unpaired) electrons. The lowest BCUT2D eigenvalue weighted by Crippen LogP contribution is -2.30. The van der Waals surface area contributed by atoms with Crippen LogP contribution in [0.25, 0.3) is 0 Å². The first-order valence-corrected chi connectivity index (χ1v) is 7.05. The lowest BCUT2D eigenvalue weighted by Gasteiger charge is -2.22. The summed E-state index contributed by atoms with van der Waals surface area (Å²) in [4.78, 5) is 0. The molecule has 3 atom stereocenters. The minimum atomic E-state index is 0.518. The number of nitrogens with two attached hydrogens (primary N) is 1. The molecule has 1 heteroatoms. The Bertz CT molecular complexity index is 184. The summed E-state index contributed by atoms with van der Waals surface area (Å²) in [6.07, 6.45) is 12.8. The van der Waals surface area contributed by atoms with Gasteiger partial charge in [-0.3, -0.25) is 0 Å². The molecular weight excluding hydrogens is 182 g/mol. The zero-order valence-corrected chi connectivity index (χ0v) is 10.3. The Kier molecular flexibility index (Phi) is 4.07. The Morgan fingerprint density at radius 1 is 1.07 bits per heavy atom. The standard InChI is InChI=1S/C14H27N/c1-2-11-7-8-13(9-11)14(15)10-12-5-3-4-6-12/h11-14H,2-10,15H2,1H3. The predicted molar refractivity (Wildman–Crippen MR) is 65.7 cm³/mol. The fourth-order valence-corrected chi connectivity index (χ4v) is 3.70. The maximum atomic E-state index is 6.38. The molecule has 0 aromatic rings. The van der Waals surface area contributed by atoms with Crippen molar-refractivity contribution in [2.45, 2.75) is 70.8 Å². The molecule has 0 bridgehead atoms. The molecule has 2 aliphatic carbocycles. The fourth-order valence-electron chi connectivity index (χ4n) is 3.70. The summed E-state index contributed by atoms with van der Waals surface area (Å²) in [7, 11) is 0. The van der Waals surface area contributed by atoms with Crippen molar-refractivity contribution < 1.29 is 0 Å². The van der Waals surface area contributed by atoms with Crippen LogP contribution in [0, 0.1) is 17.8 Å². The quantitative estimate of drug-likeness (QED) is 0.750. The molecule has 2 fully saturated rings. The van der Waals surface area contributed by atoms with Gasteiger partial charge in [0.05, 0.1) is 0 Å². The lowest BCUT2D eigenvalue weighted by molar-refractivity contribution is 0.337. The fraction of sp³-hybridized carbons (Fsp3) is 1.00. The van der Waals surface area contributed by atoms with Gasteiger partial charge in [0, 0.05) is 6.04 Å². The Hall–Kier alpha value is -0.0400. The third-order valence-electron chi connectivity index (χ3n) is 4.84. The third-order valence-corrected chi connectivity index (χ3v) is 4.84. The van der Waals surface area contributed by atoms with Gasteiger partial charge < -0.3 is 5.73 Å². The zero-order chi connectivity index (χ0) is 10.7. The summed E-state index contributed by atoms with van der Waals surface area (Å²) in [5, 5.41) is 0. The highest BCUT2D eigenvalue weighted by Gasteiger charge is 2.29. The summed E-state index contributed by atoms with van der Waals surface area (Å²) in [6, 6.07) is 0.518. The maximum Gasteiger partial charge on any atom is 0.00699 e. The largest absolute Gasteiger partial charge is 0.327 e. The Morgan fingerprint density at radius 2 is 1.80 bits per heavy atom. The minimum absolute atomic E-state index is 0.518. The van der Waals surface area contributed by atoms with E-state index in [9.17, 15) is 0 Å². The predicted octanol–water partition coefficient (Wildman–Crippen LogP) is 3.72. The molecule has 0 amide bonds. The van der Waals surface area contributed by atoms with E-state index in [4.69, 9.17) is 5.73 Å². The van der Waals surface area contributed by atoms with Gasteiger partial charge in [0.1, 0.15) is 0 Å². The minimum Gasteiger partial charge on any atom is -0.327 e. The van der Waals surface area contributed by atoms with Gasteiger partial charge in [-0.2, -0.15) is 0 Å². The second kappa shape index (κ2) is 5.34. The van der Waals surface area contributed by atoms with E-state index in [1.807, 2.05) is 0 Å². The average Bonchev–Trinajstić information content (AvgIpc) is 2.86. The maximum absolute atomic E-state index is 6.38. The summed E-state index contributed by atoms with van der Waals surface area (Å²) >= 11 is 0. The van der Waals surface area contributed by atoms with Crippen LogP contribution < -0.4 is 5.73 Å². The monoisotopic (exact) mass is 209 g/mol. The van der Waals surface area contributed by atoms with Gasteiger partial charge in [0.15, 0.2) is 0 Å². The highest BCUT2D eigenvalue weighted by Crippen LogP contribution is 2.37. The van der Waals surface area contributed by atoms with E-state index in [-0.39, 0.29) is 0 Å². The normalized spacial score (nSPS) is 34.8. The van der Waals surface area contributed by atoms with Gasteiger partial charge >= 0.3 is 0 Å². The van der Waals surface area contributed by atoms with Gasteiger partial charge in [-0.25, -0.2) is 0 Å². The molecule has 2 N–H and O–H groups in total. The molecule has 1 nitrogen and oxygen atoms in total. The molecular formula is C14H27N. The number of rotatable bonds is 4. The molecule has 0 heterocycles. The van der Waals surface area contributed by atoms with Crippen molar-refractivity contribution in [2.75, 3.05) is 0 Å². The smallest absolute Gasteiger partial charge is 0.00699 e. The van der Waals surface area contributed by atoms with Gasteiger partial charge in [0.25, 0.3) is 0 Å². The molecule has 2 saturated carbocycles. The van der Waals surface area contributed by atoms with Crippen LogP contribution in [0.1, 0.15) is 64.7 Å². The van der Waals surface area contributed by atoms with Gasteiger partial charge in [-0.15, -0.1) is 0 Å². The lowest BCUT2D eigenvalue weighted by atomic mass is 9.88. The van der Waals surface area contributed by atoms with E-state index in [0.717, 1.165) is 17.8 Å². The first-order valence-electron chi connectivity index (χ1n) is 7.05. The summed E-state index contributed by atoms with van der Waals surface area (Å²) in [6.45, 7) is 2.33.